The maximum Gasteiger partial charge on any atom is 0.356 e. The van der Waals surface area contributed by atoms with E-state index in [1.54, 1.807) is 12.1 Å². The fraction of sp³-hybridized carbons (Fsp3) is 0.304. The number of amides is 2. The number of thioether (sulfide) groups is 1. The van der Waals surface area contributed by atoms with Gasteiger partial charge in [0, 0.05) is 23.0 Å². The molecule has 182 valence electrons. The van der Waals surface area contributed by atoms with Crippen LogP contribution in [0.3, 0.4) is 0 Å². The van der Waals surface area contributed by atoms with E-state index in [1.165, 1.54) is 42.2 Å². The van der Waals surface area contributed by atoms with Crippen LogP contribution in [-0.4, -0.2) is 49.8 Å². The van der Waals surface area contributed by atoms with Crippen LogP contribution in [-0.2, 0) is 20.9 Å². The van der Waals surface area contributed by atoms with Crippen LogP contribution in [0.25, 0.3) is 0 Å². The molecule has 2 amide bonds. The molecular weight excluding hydrogens is 476 g/mol. The lowest BCUT2D eigenvalue weighted by molar-refractivity contribution is -0.384. The van der Waals surface area contributed by atoms with Crippen molar-refractivity contribution in [1.29, 1.82) is 0 Å². The largest absolute Gasteiger partial charge is 0.456 e. The minimum atomic E-state index is -0.899. The molecule has 2 aromatic rings. The van der Waals surface area contributed by atoms with Crippen molar-refractivity contribution in [3.8, 4) is 0 Å². The SMILES string of the molecule is C[C@@H](O)[C@H]1C(=O)N2C(C(=O)OCc3ccc([N+](=O)[O-])cc3)=C(Sc3cccc(C(N)=O)n3)[C@H](C)[C@H]12. The van der Waals surface area contributed by atoms with Crippen LogP contribution < -0.4 is 5.73 Å². The molecule has 4 atom stereocenters. The first-order valence-electron chi connectivity index (χ1n) is 10.7. The summed E-state index contributed by atoms with van der Waals surface area (Å²) in [6.07, 6.45) is -0.899. The van der Waals surface area contributed by atoms with E-state index in [-0.39, 0.29) is 35.5 Å². The number of benzene rings is 1. The summed E-state index contributed by atoms with van der Waals surface area (Å²) in [4.78, 5) is 53.9. The fourth-order valence-electron chi connectivity index (χ4n) is 4.30. The average molecular weight is 499 g/mol. The molecule has 35 heavy (non-hydrogen) atoms. The second-order valence-corrected chi connectivity index (χ2v) is 9.36. The first-order valence-corrected chi connectivity index (χ1v) is 11.5. The van der Waals surface area contributed by atoms with Gasteiger partial charge in [-0.1, -0.05) is 24.8 Å². The van der Waals surface area contributed by atoms with E-state index in [1.807, 2.05) is 6.92 Å². The zero-order valence-corrected chi connectivity index (χ0v) is 19.6. The highest BCUT2D eigenvalue weighted by atomic mass is 32.2. The van der Waals surface area contributed by atoms with Gasteiger partial charge < -0.3 is 20.5 Å². The molecule has 0 radical (unpaired) electrons. The first kappa shape index (κ1) is 24.4. The molecule has 3 heterocycles. The number of aromatic nitrogens is 1. The number of nitrogens with zero attached hydrogens (tertiary/aromatic N) is 3. The number of β-lactam (4-membered cyclic amide) rings is 1. The Balaban J connectivity index is 1.62. The monoisotopic (exact) mass is 498 g/mol. The highest BCUT2D eigenvalue weighted by Crippen LogP contribution is 2.52. The topological polar surface area (TPSA) is 166 Å². The van der Waals surface area contributed by atoms with Crippen molar-refractivity contribution in [2.45, 2.75) is 37.6 Å². The molecule has 0 bridgehead atoms. The minimum absolute atomic E-state index is 0.0580. The number of rotatable bonds is 8. The van der Waals surface area contributed by atoms with Gasteiger partial charge in [0.2, 0.25) is 5.91 Å². The molecule has 1 aromatic heterocycles. The molecule has 2 aliphatic rings. The second kappa shape index (κ2) is 9.47. The van der Waals surface area contributed by atoms with E-state index in [0.717, 1.165) is 11.8 Å². The molecule has 1 fully saturated rings. The first-order chi connectivity index (χ1) is 16.6. The van der Waals surface area contributed by atoms with E-state index in [0.29, 0.717) is 15.5 Å². The van der Waals surface area contributed by atoms with E-state index in [9.17, 15) is 29.6 Å². The highest BCUT2D eigenvalue weighted by Gasteiger charge is 2.60. The number of ether oxygens (including phenoxy) is 1. The van der Waals surface area contributed by atoms with Gasteiger partial charge in [-0.3, -0.25) is 19.7 Å². The van der Waals surface area contributed by atoms with Crippen LogP contribution in [0.5, 0.6) is 0 Å². The molecule has 11 nitrogen and oxygen atoms in total. The summed E-state index contributed by atoms with van der Waals surface area (Å²) < 4.78 is 5.46. The van der Waals surface area contributed by atoms with Crippen molar-refractivity contribution in [3.63, 3.8) is 0 Å². The molecule has 0 saturated carbocycles. The number of nitro groups is 1. The summed E-state index contributed by atoms with van der Waals surface area (Å²) >= 11 is 1.13. The number of aliphatic hydroxyl groups excluding tert-OH is 1. The second-order valence-electron chi connectivity index (χ2n) is 8.29. The summed E-state index contributed by atoms with van der Waals surface area (Å²) in [6, 6.07) is 9.88. The Labute approximate surface area is 204 Å². The third-order valence-corrected chi connectivity index (χ3v) is 7.23. The number of fused-ring (bicyclic) bond motifs is 1. The molecular formula is C23H22N4O7S. The van der Waals surface area contributed by atoms with Crippen molar-refractivity contribution in [2.24, 2.45) is 17.6 Å². The number of esters is 1. The van der Waals surface area contributed by atoms with Crippen LogP contribution in [0.2, 0.25) is 0 Å². The predicted molar refractivity (Wildman–Crippen MR) is 123 cm³/mol. The summed E-state index contributed by atoms with van der Waals surface area (Å²) in [5, 5.41) is 21.4. The molecule has 12 heteroatoms. The Hall–Kier alpha value is -3.77. The van der Waals surface area contributed by atoms with Gasteiger partial charge in [0.1, 0.15) is 23.0 Å². The Kier molecular flexibility index (Phi) is 6.59. The standard InChI is InChI=1S/C23H22N4O7S/c1-11-18-17(12(2)28)22(30)26(18)19(20(11)35-16-5-3-4-15(25-16)21(24)29)23(31)34-10-13-6-8-14(9-7-13)27(32)33/h3-9,11-12,17-18,28H,10H2,1-2H3,(H2,24,29)/t11-,12-,17-,18-/m1/s1. The van der Waals surface area contributed by atoms with Crippen molar-refractivity contribution in [3.05, 3.63) is 74.4 Å². The molecule has 2 aliphatic heterocycles. The molecule has 1 aromatic carbocycles. The summed E-state index contributed by atoms with van der Waals surface area (Å²) in [6.45, 7) is 3.22. The van der Waals surface area contributed by atoms with Gasteiger partial charge in [-0.15, -0.1) is 0 Å². The maximum atomic E-state index is 13.2. The van der Waals surface area contributed by atoms with Crippen molar-refractivity contribution in [1.82, 2.24) is 9.88 Å². The quantitative estimate of drug-likeness (QED) is 0.239. The Morgan fingerprint density at radius 3 is 2.57 bits per heavy atom. The van der Waals surface area contributed by atoms with E-state index in [4.69, 9.17) is 10.5 Å². The lowest BCUT2D eigenvalue weighted by Gasteiger charge is -2.46. The van der Waals surface area contributed by atoms with Gasteiger partial charge in [-0.2, -0.15) is 0 Å². The summed E-state index contributed by atoms with van der Waals surface area (Å²) in [5.41, 5.74) is 5.89. The Morgan fingerprint density at radius 1 is 1.29 bits per heavy atom. The maximum absolute atomic E-state index is 13.2. The van der Waals surface area contributed by atoms with Gasteiger partial charge in [0.25, 0.3) is 11.6 Å². The van der Waals surface area contributed by atoms with Gasteiger partial charge in [0.05, 0.1) is 23.0 Å². The number of nitro benzene ring substituents is 1. The van der Waals surface area contributed by atoms with Crippen LogP contribution in [0.15, 0.2) is 58.1 Å². The van der Waals surface area contributed by atoms with Crippen molar-refractivity contribution < 1.29 is 29.2 Å². The van der Waals surface area contributed by atoms with Crippen LogP contribution >= 0.6 is 11.8 Å². The van der Waals surface area contributed by atoms with E-state index < -0.39 is 34.9 Å². The number of non-ortho nitro benzene ring substituents is 1. The number of hydrogen-bond acceptors (Lipinski definition) is 9. The van der Waals surface area contributed by atoms with Crippen LogP contribution in [0.1, 0.15) is 29.9 Å². The zero-order chi connectivity index (χ0) is 25.4. The predicted octanol–water partition coefficient (Wildman–Crippen LogP) is 1.99. The van der Waals surface area contributed by atoms with E-state index in [2.05, 4.69) is 4.98 Å². The molecule has 0 spiro atoms. The summed E-state index contributed by atoms with van der Waals surface area (Å²) in [5.74, 6) is -2.79. The van der Waals surface area contributed by atoms with Gasteiger partial charge in [0.15, 0.2) is 0 Å². The molecule has 0 aliphatic carbocycles. The highest BCUT2D eigenvalue weighted by molar-refractivity contribution is 8.03. The molecule has 4 rings (SSSR count). The number of aliphatic hydroxyl groups is 1. The Morgan fingerprint density at radius 2 is 1.97 bits per heavy atom. The lowest BCUT2D eigenvalue weighted by Crippen LogP contribution is -2.63. The summed E-state index contributed by atoms with van der Waals surface area (Å²) in [7, 11) is 0. The number of pyridine rings is 1. The lowest BCUT2D eigenvalue weighted by atomic mass is 9.79. The number of nitrogens with two attached hydrogens (primary N) is 1. The third-order valence-electron chi connectivity index (χ3n) is 6.01. The van der Waals surface area contributed by atoms with Crippen LogP contribution in [0.4, 0.5) is 5.69 Å². The number of primary amides is 1. The normalized spacial score (nSPS) is 21.9. The van der Waals surface area contributed by atoms with E-state index >= 15 is 0 Å². The fourth-order valence-corrected chi connectivity index (χ4v) is 5.42. The average Bonchev–Trinajstić information content (AvgIpc) is 3.05. The number of carbonyl (C=O) groups is 3. The van der Waals surface area contributed by atoms with Gasteiger partial charge in [-0.05, 0) is 36.8 Å². The molecule has 0 unspecified atom stereocenters. The molecule has 1 saturated heterocycles. The minimum Gasteiger partial charge on any atom is -0.456 e. The van der Waals surface area contributed by atoms with Gasteiger partial charge >= 0.3 is 5.97 Å². The van der Waals surface area contributed by atoms with Gasteiger partial charge in [-0.25, -0.2) is 9.78 Å². The van der Waals surface area contributed by atoms with Crippen molar-refractivity contribution >= 4 is 35.2 Å². The number of hydrogen-bond donors (Lipinski definition) is 2. The smallest absolute Gasteiger partial charge is 0.356 e. The zero-order valence-electron chi connectivity index (χ0n) is 18.8. The van der Waals surface area contributed by atoms with Crippen molar-refractivity contribution in [2.75, 3.05) is 0 Å². The Bertz CT molecular complexity index is 1240. The third kappa shape index (κ3) is 4.49. The molecule has 3 N–H and O–H groups in total. The van der Waals surface area contributed by atoms with Crippen LogP contribution in [0, 0.1) is 22.0 Å². The number of carbonyl (C=O) groups excluding carboxylic acids is 3.